The minimum absolute atomic E-state index is 0.123. The maximum absolute atomic E-state index is 10.8. The Morgan fingerprint density at radius 3 is 2.46 bits per heavy atom. The van der Waals surface area contributed by atoms with Crippen molar-refractivity contribution in [1.29, 1.82) is 0 Å². The molecule has 2 N–H and O–H groups in total. The van der Waals surface area contributed by atoms with Crippen LogP contribution in [0.4, 0.5) is 0 Å². The van der Waals surface area contributed by atoms with E-state index in [2.05, 4.69) is 5.32 Å². The van der Waals surface area contributed by atoms with E-state index in [0.717, 1.165) is 0 Å². The summed E-state index contributed by atoms with van der Waals surface area (Å²) in [6, 6.07) is 0. The van der Waals surface area contributed by atoms with Crippen LogP contribution in [-0.4, -0.2) is 31.2 Å². The molecule has 1 amide bonds. The number of carbonyl (C=O) groups excluding carboxylic acids is 1. The van der Waals surface area contributed by atoms with Crippen molar-refractivity contribution in [2.45, 2.75) is 20.3 Å². The van der Waals surface area contributed by atoms with Gasteiger partial charge in [0.1, 0.15) is 0 Å². The van der Waals surface area contributed by atoms with Crippen LogP contribution in [0.3, 0.4) is 0 Å². The van der Waals surface area contributed by atoms with Crippen LogP contribution < -0.4 is 5.32 Å². The Labute approximate surface area is 78.3 Å². The van der Waals surface area contributed by atoms with Crippen molar-refractivity contribution in [3.8, 4) is 0 Å². The molecule has 1 unspecified atom stereocenters. The average molecular weight is 209 g/mol. The van der Waals surface area contributed by atoms with Gasteiger partial charge in [-0.15, -0.1) is 0 Å². The van der Waals surface area contributed by atoms with Crippen LogP contribution in [0, 0.1) is 5.92 Å². The van der Waals surface area contributed by atoms with Crippen LogP contribution in [0.1, 0.15) is 20.3 Å². The summed E-state index contributed by atoms with van der Waals surface area (Å²) in [6.07, 6.45) is 0.374. The highest BCUT2D eigenvalue weighted by atomic mass is 32.2. The Morgan fingerprint density at radius 2 is 2.08 bits per heavy atom. The lowest BCUT2D eigenvalue weighted by Gasteiger charge is -2.09. The van der Waals surface area contributed by atoms with Gasteiger partial charge in [-0.3, -0.25) is 9.35 Å². The Hall–Kier alpha value is -0.620. The lowest BCUT2D eigenvalue weighted by atomic mass is 10.2. The Balaban J connectivity index is 3.76. The van der Waals surface area contributed by atoms with Gasteiger partial charge in [0, 0.05) is 13.0 Å². The highest BCUT2D eigenvalue weighted by Gasteiger charge is 2.12. The molecule has 0 aliphatic rings. The SMILES string of the molecule is CCC(=O)NCC(C)CS(=O)(=O)O. The quantitative estimate of drug-likeness (QED) is 0.626. The normalized spacial score (nSPS) is 13.8. The zero-order chi connectivity index (χ0) is 10.5. The number of rotatable bonds is 5. The van der Waals surface area contributed by atoms with Crippen LogP contribution in [0.2, 0.25) is 0 Å². The molecule has 0 radical (unpaired) electrons. The molecule has 78 valence electrons. The fourth-order valence-electron chi connectivity index (χ4n) is 0.832. The maximum atomic E-state index is 10.8. The highest BCUT2D eigenvalue weighted by molar-refractivity contribution is 7.85. The molecule has 0 bridgehead atoms. The van der Waals surface area contributed by atoms with E-state index < -0.39 is 10.1 Å². The Morgan fingerprint density at radius 1 is 1.54 bits per heavy atom. The molecule has 0 spiro atoms. The van der Waals surface area contributed by atoms with Crippen LogP contribution in [-0.2, 0) is 14.9 Å². The zero-order valence-electron chi connectivity index (χ0n) is 7.78. The van der Waals surface area contributed by atoms with Gasteiger partial charge in [-0.25, -0.2) is 0 Å². The first-order valence-electron chi connectivity index (χ1n) is 4.07. The molecule has 5 nitrogen and oxygen atoms in total. The third kappa shape index (κ3) is 7.73. The van der Waals surface area contributed by atoms with E-state index in [0.29, 0.717) is 6.42 Å². The molecule has 0 aliphatic carbocycles. The predicted octanol–water partition coefficient (Wildman–Crippen LogP) is 0.0365. The van der Waals surface area contributed by atoms with Gasteiger partial charge in [0.05, 0.1) is 5.75 Å². The van der Waals surface area contributed by atoms with E-state index in [1.54, 1.807) is 13.8 Å². The minimum Gasteiger partial charge on any atom is -0.356 e. The lowest BCUT2D eigenvalue weighted by Crippen LogP contribution is -2.30. The van der Waals surface area contributed by atoms with Gasteiger partial charge in [-0.2, -0.15) is 8.42 Å². The summed E-state index contributed by atoms with van der Waals surface area (Å²) in [7, 11) is -3.93. The molecular weight excluding hydrogens is 194 g/mol. The second kappa shape index (κ2) is 5.18. The van der Waals surface area contributed by atoms with Gasteiger partial charge in [0.25, 0.3) is 10.1 Å². The maximum Gasteiger partial charge on any atom is 0.265 e. The van der Waals surface area contributed by atoms with E-state index in [-0.39, 0.29) is 24.1 Å². The molecule has 6 heteroatoms. The van der Waals surface area contributed by atoms with Gasteiger partial charge in [-0.05, 0) is 5.92 Å². The topological polar surface area (TPSA) is 83.5 Å². The number of hydrogen-bond acceptors (Lipinski definition) is 3. The predicted molar refractivity (Wildman–Crippen MR) is 48.9 cm³/mol. The molecule has 13 heavy (non-hydrogen) atoms. The van der Waals surface area contributed by atoms with Crippen molar-refractivity contribution in [2.75, 3.05) is 12.3 Å². The average Bonchev–Trinajstić information content (AvgIpc) is 1.97. The van der Waals surface area contributed by atoms with Crippen molar-refractivity contribution in [3.05, 3.63) is 0 Å². The number of nitrogens with one attached hydrogen (secondary N) is 1. The van der Waals surface area contributed by atoms with E-state index in [9.17, 15) is 13.2 Å². The van der Waals surface area contributed by atoms with Gasteiger partial charge >= 0.3 is 0 Å². The molecule has 0 fully saturated rings. The molecule has 1 atom stereocenters. The summed E-state index contributed by atoms with van der Waals surface area (Å²) in [5, 5.41) is 2.54. The fraction of sp³-hybridized carbons (Fsp3) is 0.857. The molecule has 0 aromatic rings. The summed E-state index contributed by atoms with van der Waals surface area (Å²) in [6.45, 7) is 3.62. The van der Waals surface area contributed by atoms with Crippen molar-refractivity contribution < 1.29 is 17.8 Å². The summed E-state index contributed by atoms with van der Waals surface area (Å²) >= 11 is 0. The fourth-order valence-corrected chi connectivity index (χ4v) is 1.67. The van der Waals surface area contributed by atoms with Crippen molar-refractivity contribution >= 4 is 16.0 Å². The molecule has 0 aliphatic heterocycles. The summed E-state index contributed by atoms with van der Waals surface area (Å²) < 4.78 is 29.3. The van der Waals surface area contributed by atoms with E-state index >= 15 is 0 Å². The smallest absolute Gasteiger partial charge is 0.265 e. The second-order valence-electron chi connectivity index (χ2n) is 3.01. The molecule has 0 saturated heterocycles. The number of amides is 1. The van der Waals surface area contributed by atoms with E-state index in [1.165, 1.54) is 0 Å². The van der Waals surface area contributed by atoms with Crippen molar-refractivity contribution in [3.63, 3.8) is 0 Å². The van der Waals surface area contributed by atoms with Gasteiger partial charge in [0.2, 0.25) is 5.91 Å². The molecule has 0 heterocycles. The standard InChI is InChI=1S/C7H15NO4S/c1-3-7(9)8-4-6(2)5-13(10,11)12/h6H,3-5H2,1-2H3,(H,8,9)(H,10,11,12). The minimum atomic E-state index is -3.93. The zero-order valence-corrected chi connectivity index (χ0v) is 8.60. The monoisotopic (exact) mass is 209 g/mol. The van der Waals surface area contributed by atoms with Crippen LogP contribution in [0.15, 0.2) is 0 Å². The molecule has 0 aromatic heterocycles. The molecular formula is C7H15NO4S. The van der Waals surface area contributed by atoms with Gasteiger partial charge in [0.15, 0.2) is 0 Å². The summed E-state index contributed by atoms with van der Waals surface area (Å²) in [4.78, 5) is 10.8. The Kier molecular flexibility index (Phi) is 4.94. The first kappa shape index (κ1) is 12.4. The second-order valence-corrected chi connectivity index (χ2v) is 4.51. The molecule has 0 rings (SSSR count). The number of carbonyl (C=O) groups is 1. The lowest BCUT2D eigenvalue weighted by molar-refractivity contribution is -0.120. The van der Waals surface area contributed by atoms with Crippen LogP contribution in [0.5, 0.6) is 0 Å². The highest BCUT2D eigenvalue weighted by Crippen LogP contribution is 1.97. The van der Waals surface area contributed by atoms with Gasteiger partial charge in [-0.1, -0.05) is 13.8 Å². The van der Waals surface area contributed by atoms with Crippen molar-refractivity contribution in [1.82, 2.24) is 5.32 Å². The van der Waals surface area contributed by atoms with Gasteiger partial charge < -0.3 is 5.32 Å². The Bertz CT molecular complexity index is 260. The third-order valence-electron chi connectivity index (χ3n) is 1.46. The third-order valence-corrected chi connectivity index (χ3v) is 2.45. The van der Waals surface area contributed by atoms with E-state index in [1.807, 2.05) is 0 Å². The number of hydrogen-bond donors (Lipinski definition) is 2. The van der Waals surface area contributed by atoms with E-state index in [4.69, 9.17) is 4.55 Å². The summed E-state index contributed by atoms with van der Waals surface area (Å²) in [5.74, 6) is -0.718. The largest absolute Gasteiger partial charge is 0.356 e. The molecule has 0 saturated carbocycles. The first-order valence-corrected chi connectivity index (χ1v) is 5.68. The van der Waals surface area contributed by atoms with Crippen LogP contribution in [0.25, 0.3) is 0 Å². The first-order chi connectivity index (χ1) is 5.85. The summed E-state index contributed by atoms with van der Waals surface area (Å²) in [5.41, 5.74) is 0. The van der Waals surface area contributed by atoms with Crippen molar-refractivity contribution in [2.24, 2.45) is 5.92 Å². The molecule has 0 aromatic carbocycles. The van der Waals surface area contributed by atoms with Crippen LogP contribution >= 0.6 is 0 Å².